The van der Waals surface area contributed by atoms with Crippen molar-refractivity contribution < 1.29 is 22.7 Å². The van der Waals surface area contributed by atoms with Gasteiger partial charge in [0.1, 0.15) is 16.8 Å². The quantitative estimate of drug-likeness (QED) is 0.719. The van der Waals surface area contributed by atoms with E-state index in [1.54, 1.807) is 18.2 Å². The lowest BCUT2D eigenvalue weighted by Gasteiger charge is -2.35. The highest BCUT2D eigenvalue weighted by Gasteiger charge is 2.37. The molecule has 1 aromatic carbocycles. The number of rotatable bonds is 5. The van der Waals surface area contributed by atoms with E-state index < -0.39 is 21.1 Å². The molecule has 1 unspecified atom stereocenters. The highest BCUT2D eigenvalue weighted by molar-refractivity contribution is 7.91. The fourth-order valence-corrected chi connectivity index (χ4v) is 4.53. The largest absolute Gasteiger partial charge is 0.466 e. The lowest BCUT2D eigenvalue weighted by Crippen LogP contribution is -2.37. The van der Waals surface area contributed by atoms with Gasteiger partial charge in [-0.15, -0.1) is 0 Å². The summed E-state index contributed by atoms with van der Waals surface area (Å²) in [5, 5.41) is -0.922. The topological polar surface area (TPSA) is 72.9 Å². The first-order chi connectivity index (χ1) is 12.9. The number of likely N-dealkylation sites (tertiary alicyclic amines) is 1. The Balaban J connectivity index is 2.12. The van der Waals surface area contributed by atoms with E-state index in [9.17, 15) is 13.2 Å². The lowest BCUT2D eigenvalue weighted by atomic mass is 9.98. The zero-order valence-corrected chi connectivity index (χ0v) is 16.5. The number of allylic oxidation sites excluding steroid dienone is 1. The van der Waals surface area contributed by atoms with Crippen LogP contribution >= 0.6 is 0 Å². The molecule has 27 heavy (non-hydrogen) atoms. The molecule has 1 heterocycles. The number of esters is 1. The number of sulfone groups is 1. The molecule has 1 atom stereocenters. The molecule has 1 aromatic rings. The van der Waals surface area contributed by atoms with Crippen LogP contribution in [0.2, 0.25) is 0 Å². The third-order valence-electron chi connectivity index (χ3n) is 4.89. The van der Waals surface area contributed by atoms with E-state index in [1.807, 2.05) is 18.2 Å². The van der Waals surface area contributed by atoms with Crippen LogP contribution in [0.25, 0.3) is 0 Å². The van der Waals surface area contributed by atoms with E-state index in [-0.39, 0.29) is 6.42 Å². The summed E-state index contributed by atoms with van der Waals surface area (Å²) in [6.45, 7) is 1.61. The van der Waals surface area contributed by atoms with Crippen LogP contribution in [-0.2, 0) is 19.4 Å². The lowest BCUT2D eigenvalue weighted by molar-refractivity contribution is -0.136. The molecule has 0 spiro atoms. The van der Waals surface area contributed by atoms with E-state index in [4.69, 9.17) is 9.47 Å². The highest BCUT2D eigenvalue weighted by atomic mass is 32.2. The number of hydrogen-bond donors (Lipinski definition) is 0. The molecule has 0 bridgehead atoms. The maximum absolute atomic E-state index is 12.6. The fourth-order valence-electron chi connectivity index (χ4n) is 3.49. The van der Waals surface area contributed by atoms with Gasteiger partial charge in [0.15, 0.2) is 9.84 Å². The maximum atomic E-state index is 12.6. The summed E-state index contributed by atoms with van der Waals surface area (Å²) in [6, 6.07) is 9.13. The summed E-state index contributed by atoms with van der Waals surface area (Å²) in [7, 11) is -2.20. The van der Waals surface area contributed by atoms with Gasteiger partial charge in [-0.1, -0.05) is 18.2 Å². The van der Waals surface area contributed by atoms with Crippen molar-refractivity contribution in [3.63, 3.8) is 0 Å². The zero-order valence-electron chi connectivity index (χ0n) is 15.7. The first-order valence-electron chi connectivity index (χ1n) is 9.10. The van der Waals surface area contributed by atoms with Crippen LogP contribution in [0.4, 0.5) is 0 Å². The van der Waals surface area contributed by atoms with Gasteiger partial charge in [-0.2, -0.15) is 0 Å². The second-order valence-corrected chi connectivity index (χ2v) is 9.12. The SMILES string of the molecule is COC(=O)C1=CC(N2CCCCC2)=C(Oc2ccccc2)C(S(C)(=O)=O)C1. The third kappa shape index (κ3) is 4.53. The van der Waals surface area contributed by atoms with Crippen LogP contribution in [0, 0.1) is 0 Å². The first-order valence-corrected chi connectivity index (χ1v) is 11.1. The van der Waals surface area contributed by atoms with Gasteiger partial charge in [0.05, 0.1) is 12.8 Å². The van der Waals surface area contributed by atoms with Gasteiger partial charge in [0.2, 0.25) is 0 Å². The van der Waals surface area contributed by atoms with Gasteiger partial charge in [0, 0.05) is 31.3 Å². The molecule has 1 aliphatic heterocycles. The Labute approximate surface area is 160 Å². The second-order valence-electron chi connectivity index (χ2n) is 6.90. The van der Waals surface area contributed by atoms with Crippen LogP contribution in [0.5, 0.6) is 5.75 Å². The van der Waals surface area contributed by atoms with Crippen molar-refractivity contribution in [2.45, 2.75) is 30.9 Å². The predicted molar refractivity (Wildman–Crippen MR) is 103 cm³/mol. The Morgan fingerprint density at radius 1 is 1.11 bits per heavy atom. The summed E-state index contributed by atoms with van der Waals surface area (Å²) >= 11 is 0. The minimum absolute atomic E-state index is 0.0466. The van der Waals surface area contributed by atoms with Crippen LogP contribution in [0.3, 0.4) is 0 Å². The van der Waals surface area contributed by atoms with Gasteiger partial charge in [-0.25, -0.2) is 13.2 Å². The van der Waals surface area contributed by atoms with Crippen molar-refractivity contribution in [3.8, 4) is 5.75 Å². The monoisotopic (exact) mass is 391 g/mol. The molecule has 1 aliphatic carbocycles. The van der Waals surface area contributed by atoms with Crippen molar-refractivity contribution in [2.24, 2.45) is 0 Å². The number of ether oxygens (including phenoxy) is 2. The third-order valence-corrected chi connectivity index (χ3v) is 6.31. The molecule has 0 aromatic heterocycles. The maximum Gasteiger partial charge on any atom is 0.333 e. The molecule has 0 amide bonds. The van der Waals surface area contributed by atoms with E-state index in [1.165, 1.54) is 13.4 Å². The van der Waals surface area contributed by atoms with Gasteiger partial charge in [0.25, 0.3) is 0 Å². The van der Waals surface area contributed by atoms with Gasteiger partial charge in [-0.05, 0) is 37.5 Å². The average Bonchev–Trinajstić information content (AvgIpc) is 2.68. The van der Waals surface area contributed by atoms with Crippen molar-refractivity contribution in [1.82, 2.24) is 4.90 Å². The summed E-state index contributed by atoms with van der Waals surface area (Å²) in [6.07, 6.45) is 6.14. The molecule has 7 heteroatoms. The molecule has 1 saturated heterocycles. The van der Waals surface area contributed by atoms with Gasteiger partial charge < -0.3 is 14.4 Å². The Hall–Kier alpha value is -2.28. The number of carbonyl (C=O) groups excluding carboxylic acids is 1. The number of piperidine rings is 1. The molecular formula is C20H25NO5S. The molecule has 1 fully saturated rings. The van der Waals surface area contributed by atoms with Crippen LogP contribution in [0.15, 0.2) is 53.4 Å². The van der Waals surface area contributed by atoms with Crippen molar-refractivity contribution in [1.29, 1.82) is 0 Å². The van der Waals surface area contributed by atoms with Crippen LogP contribution in [0.1, 0.15) is 25.7 Å². The van der Waals surface area contributed by atoms with Crippen LogP contribution < -0.4 is 4.74 Å². The summed E-state index contributed by atoms with van der Waals surface area (Å²) < 4.78 is 36.1. The van der Waals surface area contributed by atoms with E-state index >= 15 is 0 Å². The normalized spacial score (nSPS) is 20.9. The predicted octanol–water partition coefficient (Wildman–Crippen LogP) is 2.68. The van der Waals surface area contributed by atoms with Crippen LogP contribution in [-0.4, -0.2) is 51.0 Å². The highest BCUT2D eigenvalue weighted by Crippen LogP contribution is 2.34. The summed E-state index contributed by atoms with van der Waals surface area (Å²) in [5.74, 6) is 0.459. The first kappa shape index (κ1) is 19.5. The fraction of sp³-hybridized carbons (Fsp3) is 0.450. The number of para-hydroxylation sites is 1. The summed E-state index contributed by atoms with van der Waals surface area (Å²) in [5.41, 5.74) is 1.02. The minimum Gasteiger partial charge on any atom is -0.466 e. The molecule has 0 N–H and O–H groups in total. The number of benzene rings is 1. The second kappa shape index (κ2) is 8.17. The van der Waals surface area contributed by atoms with Crippen molar-refractivity contribution >= 4 is 15.8 Å². The number of methoxy groups -OCH3 is 1. The minimum atomic E-state index is -3.50. The van der Waals surface area contributed by atoms with E-state index in [0.29, 0.717) is 22.8 Å². The standard InChI is InChI=1S/C20H25NO5S/c1-25-20(22)15-13-17(21-11-7-4-8-12-21)19(18(14-15)27(2,23)24)26-16-9-5-3-6-10-16/h3,5-6,9-10,13,18H,4,7-8,11-12,14H2,1-2H3. The molecule has 6 nitrogen and oxygen atoms in total. The molecule has 3 rings (SSSR count). The van der Waals surface area contributed by atoms with E-state index in [0.717, 1.165) is 32.4 Å². The average molecular weight is 391 g/mol. The summed E-state index contributed by atoms with van der Waals surface area (Å²) in [4.78, 5) is 14.3. The van der Waals surface area contributed by atoms with Crippen molar-refractivity contribution in [2.75, 3.05) is 26.5 Å². The number of hydrogen-bond acceptors (Lipinski definition) is 6. The Kier molecular flexibility index (Phi) is 5.89. The molecule has 0 radical (unpaired) electrons. The van der Waals surface area contributed by atoms with E-state index in [2.05, 4.69) is 4.90 Å². The molecule has 2 aliphatic rings. The Bertz CT molecular complexity index is 852. The van der Waals surface area contributed by atoms with Gasteiger partial charge in [-0.3, -0.25) is 0 Å². The number of nitrogens with zero attached hydrogens (tertiary/aromatic N) is 1. The molecule has 146 valence electrons. The Morgan fingerprint density at radius 3 is 2.37 bits per heavy atom. The number of carbonyl (C=O) groups is 1. The van der Waals surface area contributed by atoms with Gasteiger partial charge >= 0.3 is 5.97 Å². The molecule has 0 saturated carbocycles. The molecular weight excluding hydrogens is 366 g/mol. The smallest absolute Gasteiger partial charge is 0.333 e. The Morgan fingerprint density at radius 2 is 1.78 bits per heavy atom. The zero-order chi connectivity index (χ0) is 19.4. The van der Waals surface area contributed by atoms with Crippen molar-refractivity contribution in [3.05, 3.63) is 53.4 Å².